The molecule has 28 heavy (non-hydrogen) atoms. The number of nitrogens with one attached hydrogen (secondary N) is 2. The normalized spacial score (nSPS) is 17.8. The van der Waals surface area contributed by atoms with E-state index in [1.807, 2.05) is 18.2 Å². The van der Waals surface area contributed by atoms with Gasteiger partial charge in [0.15, 0.2) is 0 Å². The Hall–Kier alpha value is -2.32. The summed E-state index contributed by atoms with van der Waals surface area (Å²) in [4.78, 5) is 22.8. The number of rotatable bonds is 7. The van der Waals surface area contributed by atoms with Crippen molar-refractivity contribution >= 4 is 33.4 Å². The number of nitrogens with zero attached hydrogens (tertiary/aromatic N) is 4. The summed E-state index contributed by atoms with van der Waals surface area (Å²) in [6.45, 7) is 4.30. The molecular formula is C20H26N6OS. The van der Waals surface area contributed by atoms with E-state index in [9.17, 15) is 4.79 Å². The van der Waals surface area contributed by atoms with Crippen LogP contribution >= 0.6 is 11.3 Å². The molecule has 0 aliphatic carbocycles. The highest BCUT2D eigenvalue weighted by Crippen LogP contribution is 2.26. The van der Waals surface area contributed by atoms with E-state index in [2.05, 4.69) is 38.4 Å². The average molecular weight is 399 g/mol. The highest BCUT2D eigenvalue weighted by atomic mass is 32.1. The molecule has 0 unspecified atom stereocenters. The molecule has 3 aromatic rings. The van der Waals surface area contributed by atoms with Crippen molar-refractivity contribution in [3.8, 4) is 0 Å². The number of imidazole rings is 1. The molecule has 0 bridgehead atoms. The zero-order valence-electron chi connectivity index (χ0n) is 16.1. The first-order valence-corrected chi connectivity index (χ1v) is 10.8. The maximum absolute atomic E-state index is 12.5. The summed E-state index contributed by atoms with van der Waals surface area (Å²) in [5.74, 6) is 1.33. The largest absolute Gasteiger partial charge is 0.342 e. The minimum Gasteiger partial charge on any atom is -0.342 e. The summed E-state index contributed by atoms with van der Waals surface area (Å²) < 4.78 is 0. The third-order valence-electron chi connectivity index (χ3n) is 5.12. The molecule has 1 amide bonds. The number of carbonyl (C=O) groups is 1. The van der Waals surface area contributed by atoms with Gasteiger partial charge in [0.05, 0.1) is 17.6 Å². The molecule has 8 heteroatoms. The Bertz CT molecular complexity index is 903. The highest BCUT2D eigenvalue weighted by molar-refractivity contribution is 7.15. The van der Waals surface area contributed by atoms with E-state index in [1.165, 1.54) is 11.3 Å². The quantitative estimate of drug-likeness (QED) is 0.635. The second-order valence-electron chi connectivity index (χ2n) is 7.37. The number of fused-ring (bicyclic) bond motifs is 1. The van der Waals surface area contributed by atoms with Gasteiger partial charge in [0.1, 0.15) is 10.8 Å². The second-order valence-corrected chi connectivity index (χ2v) is 8.43. The van der Waals surface area contributed by atoms with Gasteiger partial charge in [0, 0.05) is 18.9 Å². The van der Waals surface area contributed by atoms with Crippen LogP contribution in [-0.2, 0) is 11.2 Å². The third kappa shape index (κ3) is 4.56. The summed E-state index contributed by atoms with van der Waals surface area (Å²) in [7, 11) is 0. The molecule has 1 fully saturated rings. The number of hydrogen-bond donors (Lipinski definition) is 2. The maximum atomic E-state index is 12.5. The third-order valence-corrected chi connectivity index (χ3v) is 6.02. The molecule has 7 nitrogen and oxygen atoms in total. The standard InChI is InChI=1S/C20H26N6OS/c1-2-3-10-18-24-25-20(28-18)23-17(27)13-26-11-6-7-14(12-26)19-21-15-8-4-5-9-16(15)22-19/h4-5,8-9,14H,2-3,6-7,10-13H2,1H3,(H,21,22)(H,23,25,27)/t14-/m1/s1. The number of piperidine rings is 1. The van der Waals surface area contributed by atoms with Crippen LogP contribution in [0.2, 0.25) is 0 Å². The van der Waals surface area contributed by atoms with Gasteiger partial charge in [-0.25, -0.2) is 4.98 Å². The van der Waals surface area contributed by atoms with Gasteiger partial charge in [-0.3, -0.25) is 15.0 Å². The van der Waals surface area contributed by atoms with Gasteiger partial charge in [-0.2, -0.15) is 0 Å². The summed E-state index contributed by atoms with van der Waals surface area (Å²) >= 11 is 1.48. The summed E-state index contributed by atoms with van der Waals surface area (Å²) in [6, 6.07) is 8.10. The number of carbonyl (C=O) groups excluding carboxylic acids is 1. The van der Waals surface area contributed by atoms with E-state index in [4.69, 9.17) is 4.98 Å². The number of para-hydroxylation sites is 2. The van der Waals surface area contributed by atoms with Crippen LogP contribution in [0, 0.1) is 0 Å². The monoisotopic (exact) mass is 398 g/mol. The molecule has 2 aromatic heterocycles. The smallest absolute Gasteiger partial charge is 0.240 e. The fourth-order valence-electron chi connectivity index (χ4n) is 3.68. The van der Waals surface area contributed by atoms with Crippen LogP contribution in [-0.4, -0.2) is 50.6 Å². The topological polar surface area (TPSA) is 86.8 Å². The minimum atomic E-state index is -0.0246. The summed E-state index contributed by atoms with van der Waals surface area (Å²) in [5.41, 5.74) is 2.07. The van der Waals surface area contributed by atoms with Gasteiger partial charge in [0.2, 0.25) is 11.0 Å². The predicted octanol–water partition coefficient (Wildman–Crippen LogP) is 3.58. The first-order chi connectivity index (χ1) is 13.7. The van der Waals surface area contributed by atoms with Crippen LogP contribution in [0.4, 0.5) is 5.13 Å². The molecular weight excluding hydrogens is 372 g/mol. The lowest BCUT2D eigenvalue weighted by atomic mass is 9.97. The Morgan fingerprint density at radius 1 is 1.36 bits per heavy atom. The molecule has 1 aliphatic rings. The van der Waals surface area contributed by atoms with E-state index in [0.717, 1.165) is 67.1 Å². The van der Waals surface area contributed by atoms with Gasteiger partial charge >= 0.3 is 0 Å². The molecule has 1 saturated heterocycles. The first-order valence-electron chi connectivity index (χ1n) is 10.0. The SMILES string of the molecule is CCCCc1nnc(NC(=O)CN2CCC[C@@H](c3nc4ccccc4[nH]3)C2)s1. The fraction of sp³-hybridized carbons (Fsp3) is 0.500. The Morgan fingerprint density at radius 2 is 2.25 bits per heavy atom. The number of aryl methyl sites for hydroxylation is 1. The molecule has 148 valence electrons. The second kappa shape index (κ2) is 8.79. The van der Waals surface area contributed by atoms with Crippen molar-refractivity contribution in [1.29, 1.82) is 0 Å². The molecule has 0 radical (unpaired) electrons. The van der Waals surface area contributed by atoms with E-state index in [-0.39, 0.29) is 5.91 Å². The fourth-order valence-corrected chi connectivity index (χ4v) is 4.48. The minimum absolute atomic E-state index is 0.0246. The Morgan fingerprint density at radius 3 is 3.11 bits per heavy atom. The Labute approximate surface area is 168 Å². The van der Waals surface area contributed by atoms with Crippen molar-refractivity contribution in [2.45, 2.75) is 44.9 Å². The van der Waals surface area contributed by atoms with Crippen molar-refractivity contribution < 1.29 is 4.79 Å². The van der Waals surface area contributed by atoms with Crippen molar-refractivity contribution in [1.82, 2.24) is 25.1 Å². The molecule has 1 aliphatic heterocycles. The van der Waals surface area contributed by atoms with Gasteiger partial charge in [-0.05, 0) is 37.9 Å². The van der Waals surface area contributed by atoms with E-state index in [0.29, 0.717) is 17.6 Å². The summed E-state index contributed by atoms with van der Waals surface area (Å²) in [6.07, 6.45) is 5.31. The molecule has 0 saturated carbocycles. The predicted molar refractivity (Wildman–Crippen MR) is 112 cm³/mol. The molecule has 0 spiro atoms. The number of aromatic nitrogens is 4. The van der Waals surface area contributed by atoms with Crippen molar-refractivity contribution in [3.05, 3.63) is 35.1 Å². The van der Waals surface area contributed by atoms with E-state index < -0.39 is 0 Å². The van der Waals surface area contributed by atoms with Crippen LogP contribution in [0.1, 0.15) is 49.4 Å². The number of H-pyrrole nitrogens is 1. The average Bonchev–Trinajstić information content (AvgIpc) is 3.33. The lowest BCUT2D eigenvalue weighted by molar-refractivity contribution is -0.117. The highest BCUT2D eigenvalue weighted by Gasteiger charge is 2.25. The molecule has 3 heterocycles. The van der Waals surface area contributed by atoms with Gasteiger partial charge in [0.25, 0.3) is 0 Å². The van der Waals surface area contributed by atoms with Gasteiger partial charge in [-0.1, -0.05) is 36.8 Å². The van der Waals surface area contributed by atoms with Crippen LogP contribution in [0.15, 0.2) is 24.3 Å². The number of anilines is 1. The number of likely N-dealkylation sites (tertiary alicyclic amines) is 1. The van der Waals surface area contributed by atoms with Crippen LogP contribution in [0.25, 0.3) is 11.0 Å². The van der Waals surface area contributed by atoms with Crippen LogP contribution in [0.3, 0.4) is 0 Å². The Balaban J connectivity index is 1.33. The molecule has 1 aromatic carbocycles. The lowest BCUT2D eigenvalue weighted by Gasteiger charge is -2.31. The van der Waals surface area contributed by atoms with E-state index >= 15 is 0 Å². The van der Waals surface area contributed by atoms with Crippen molar-refractivity contribution in [2.24, 2.45) is 0 Å². The molecule has 4 rings (SSSR count). The van der Waals surface area contributed by atoms with E-state index in [1.54, 1.807) is 0 Å². The van der Waals surface area contributed by atoms with Crippen LogP contribution < -0.4 is 5.32 Å². The maximum Gasteiger partial charge on any atom is 0.240 e. The number of amides is 1. The molecule has 1 atom stereocenters. The zero-order valence-corrected chi connectivity index (χ0v) is 17.0. The zero-order chi connectivity index (χ0) is 19.3. The van der Waals surface area contributed by atoms with Gasteiger partial charge < -0.3 is 4.98 Å². The number of unbranched alkanes of at least 4 members (excludes halogenated alkanes) is 1. The lowest BCUT2D eigenvalue weighted by Crippen LogP contribution is -2.40. The number of hydrogen-bond acceptors (Lipinski definition) is 6. The number of benzene rings is 1. The van der Waals surface area contributed by atoms with Crippen molar-refractivity contribution in [3.63, 3.8) is 0 Å². The Kier molecular flexibility index (Phi) is 5.97. The summed E-state index contributed by atoms with van der Waals surface area (Å²) in [5, 5.41) is 12.7. The molecule has 2 N–H and O–H groups in total. The van der Waals surface area contributed by atoms with Crippen LogP contribution in [0.5, 0.6) is 0 Å². The first kappa shape index (κ1) is 19.0. The number of aromatic amines is 1. The van der Waals surface area contributed by atoms with Crippen molar-refractivity contribution in [2.75, 3.05) is 25.0 Å². The van der Waals surface area contributed by atoms with Gasteiger partial charge in [-0.15, -0.1) is 10.2 Å².